The second-order valence-corrected chi connectivity index (χ2v) is 9.82. The molecule has 0 atom stereocenters. The quantitative estimate of drug-likeness (QED) is 0.756. The second kappa shape index (κ2) is 8.33. The van der Waals surface area contributed by atoms with Crippen LogP contribution in [0.1, 0.15) is 29.9 Å². The molecule has 1 amide bonds. The number of piperazine rings is 1. The van der Waals surface area contributed by atoms with Gasteiger partial charge in [-0.3, -0.25) is 4.79 Å². The third-order valence-electron chi connectivity index (χ3n) is 5.49. The number of anilines is 1. The molecule has 1 saturated carbocycles. The van der Waals surface area contributed by atoms with Gasteiger partial charge in [0, 0.05) is 32.1 Å². The van der Waals surface area contributed by atoms with Crippen LogP contribution < -0.4 is 5.32 Å². The minimum atomic E-state index is -3.48. The van der Waals surface area contributed by atoms with Gasteiger partial charge in [-0.05, 0) is 50.6 Å². The number of sulfonamides is 1. The standard InChI is InChI=1S/C21H26N4O4S/c1-15-20(22-21(26)17-6-7-17)19(29-23-15)10-5-16-3-8-18(9-4-16)30(27,28)25-13-11-24(2)12-14-25/h3-5,8-10,17H,6-7,11-14H2,1-2H3,(H,22,26)/b10-5-. The van der Waals surface area contributed by atoms with Gasteiger partial charge < -0.3 is 14.7 Å². The largest absolute Gasteiger partial charge is 0.354 e. The lowest BCUT2D eigenvalue weighted by molar-refractivity contribution is -0.117. The summed E-state index contributed by atoms with van der Waals surface area (Å²) in [5.41, 5.74) is 2.02. The highest BCUT2D eigenvalue weighted by Crippen LogP contribution is 2.32. The van der Waals surface area contributed by atoms with Gasteiger partial charge in [-0.25, -0.2) is 8.42 Å². The van der Waals surface area contributed by atoms with Crippen LogP contribution in [0.3, 0.4) is 0 Å². The first kappa shape index (κ1) is 20.8. The van der Waals surface area contributed by atoms with Crippen LogP contribution in [0.25, 0.3) is 12.2 Å². The number of benzene rings is 1. The van der Waals surface area contributed by atoms with Crippen molar-refractivity contribution in [2.45, 2.75) is 24.7 Å². The predicted octanol–water partition coefficient (Wildman–Crippen LogP) is 2.44. The number of aromatic nitrogens is 1. The SMILES string of the molecule is Cc1noc(/C=C\c2ccc(S(=O)(=O)N3CCN(C)CC3)cc2)c1NC(=O)C1CC1. The number of nitrogens with one attached hydrogen (secondary N) is 1. The van der Waals surface area contributed by atoms with E-state index in [2.05, 4.69) is 15.4 Å². The molecule has 160 valence electrons. The number of amides is 1. The summed E-state index contributed by atoms with van der Waals surface area (Å²) in [4.78, 5) is 14.5. The van der Waals surface area contributed by atoms with Crippen LogP contribution in [-0.2, 0) is 14.8 Å². The molecule has 2 aliphatic rings. The van der Waals surface area contributed by atoms with Crippen molar-refractivity contribution in [2.75, 3.05) is 38.5 Å². The Kier molecular flexibility index (Phi) is 5.77. The molecule has 2 aromatic rings. The van der Waals surface area contributed by atoms with Gasteiger partial charge in [0.05, 0.1) is 4.90 Å². The van der Waals surface area contributed by atoms with Gasteiger partial charge in [0.15, 0.2) is 5.76 Å². The van der Waals surface area contributed by atoms with Crippen molar-refractivity contribution in [3.63, 3.8) is 0 Å². The van der Waals surface area contributed by atoms with E-state index in [1.807, 2.05) is 7.05 Å². The van der Waals surface area contributed by atoms with E-state index in [0.29, 0.717) is 30.2 Å². The van der Waals surface area contributed by atoms with Gasteiger partial charge in [0.25, 0.3) is 0 Å². The third kappa shape index (κ3) is 4.48. The van der Waals surface area contributed by atoms with E-state index in [9.17, 15) is 13.2 Å². The van der Waals surface area contributed by atoms with Crippen LogP contribution in [0.4, 0.5) is 5.69 Å². The van der Waals surface area contributed by atoms with Gasteiger partial charge in [0.1, 0.15) is 11.4 Å². The van der Waals surface area contributed by atoms with E-state index in [4.69, 9.17) is 4.52 Å². The van der Waals surface area contributed by atoms with E-state index in [-0.39, 0.29) is 16.7 Å². The first-order chi connectivity index (χ1) is 14.3. The van der Waals surface area contributed by atoms with Crippen LogP contribution >= 0.6 is 0 Å². The number of aryl methyl sites for hydroxylation is 1. The van der Waals surface area contributed by atoms with Gasteiger partial charge >= 0.3 is 0 Å². The molecule has 0 spiro atoms. The lowest BCUT2D eigenvalue weighted by Gasteiger charge is -2.31. The Labute approximate surface area is 176 Å². The Hall–Kier alpha value is -2.49. The molecule has 1 aromatic heterocycles. The molecule has 2 heterocycles. The second-order valence-electron chi connectivity index (χ2n) is 7.88. The summed E-state index contributed by atoms with van der Waals surface area (Å²) in [5.74, 6) is 0.552. The molecule has 9 heteroatoms. The fourth-order valence-corrected chi connectivity index (χ4v) is 4.75. The minimum absolute atomic E-state index is 0.00517. The van der Waals surface area contributed by atoms with Crippen molar-refractivity contribution in [3.8, 4) is 0 Å². The molecule has 2 fully saturated rings. The highest BCUT2D eigenvalue weighted by molar-refractivity contribution is 7.89. The molecule has 8 nitrogen and oxygen atoms in total. The number of carbonyl (C=O) groups excluding carboxylic acids is 1. The van der Waals surface area contributed by atoms with Crippen molar-refractivity contribution >= 4 is 33.8 Å². The molecule has 0 bridgehead atoms. The maximum Gasteiger partial charge on any atom is 0.243 e. The maximum atomic E-state index is 12.8. The molecule has 1 aliphatic carbocycles. The number of hydrogen-bond donors (Lipinski definition) is 1. The molecule has 1 N–H and O–H groups in total. The Morgan fingerprint density at radius 1 is 1.13 bits per heavy atom. The van der Waals surface area contributed by atoms with Crippen molar-refractivity contribution in [1.82, 2.24) is 14.4 Å². The summed E-state index contributed by atoms with van der Waals surface area (Å²) in [7, 11) is -1.49. The highest BCUT2D eigenvalue weighted by atomic mass is 32.2. The number of likely N-dealkylation sites (N-methyl/N-ethyl adjacent to an activating group) is 1. The molecule has 30 heavy (non-hydrogen) atoms. The van der Waals surface area contributed by atoms with Crippen molar-refractivity contribution < 1.29 is 17.7 Å². The number of hydrogen-bond acceptors (Lipinski definition) is 6. The van der Waals surface area contributed by atoms with E-state index in [1.165, 1.54) is 4.31 Å². The average Bonchev–Trinajstić information content (AvgIpc) is 3.53. The van der Waals surface area contributed by atoms with Gasteiger partial charge in [-0.1, -0.05) is 23.4 Å². The van der Waals surface area contributed by atoms with Gasteiger partial charge in [-0.2, -0.15) is 4.31 Å². The molecule has 1 saturated heterocycles. The Morgan fingerprint density at radius 3 is 2.43 bits per heavy atom. The monoisotopic (exact) mass is 430 g/mol. The number of nitrogens with zero attached hydrogens (tertiary/aromatic N) is 3. The first-order valence-corrected chi connectivity index (χ1v) is 11.5. The average molecular weight is 431 g/mol. The molecule has 1 aliphatic heterocycles. The van der Waals surface area contributed by atoms with Crippen LogP contribution in [-0.4, -0.2) is 61.9 Å². The fourth-order valence-electron chi connectivity index (χ4n) is 3.32. The molecular formula is C21H26N4O4S. The Bertz CT molecular complexity index is 1050. The normalized spacial score (nSPS) is 18.7. The zero-order valence-corrected chi connectivity index (χ0v) is 18.0. The Balaban J connectivity index is 1.46. The maximum absolute atomic E-state index is 12.8. The van der Waals surface area contributed by atoms with Crippen molar-refractivity contribution in [1.29, 1.82) is 0 Å². The fraction of sp³-hybridized carbons (Fsp3) is 0.429. The van der Waals surface area contributed by atoms with Gasteiger partial charge in [-0.15, -0.1) is 0 Å². The smallest absolute Gasteiger partial charge is 0.243 e. The number of carbonyl (C=O) groups is 1. The van der Waals surface area contributed by atoms with Crippen LogP contribution in [0, 0.1) is 12.8 Å². The van der Waals surface area contributed by atoms with Gasteiger partial charge in [0.2, 0.25) is 15.9 Å². The van der Waals surface area contributed by atoms with Crippen molar-refractivity contribution in [2.24, 2.45) is 5.92 Å². The van der Waals surface area contributed by atoms with E-state index < -0.39 is 10.0 Å². The zero-order valence-electron chi connectivity index (χ0n) is 17.2. The molecular weight excluding hydrogens is 404 g/mol. The number of rotatable bonds is 6. The predicted molar refractivity (Wildman–Crippen MR) is 114 cm³/mol. The third-order valence-corrected chi connectivity index (χ3v) is 7.41. The van der Waals surface area contributed by atoms with E-state index >= 15 is 0 Å². The minimum Gasteiger partial charge on any atom is -0.354 e. The lowest BCUT2D eigenvalue weighted by atomic mass is 10.2. The summed E-state index contributed by atoms with van der Waals surface area (Å²) >= 11 is 0. The Morgan fingerprint density at radius 2 is 1.80 bits per heavy atom. The first-order valence-electron chi connectivity index (χ1n) is 10.1. The van der Waals surface area contributed by atoms with E-state index in [0.717, 1.165) is 31.5 Å². The molecule has 4 rings (SSSR count). The lowest BCUT2D eigenvalue weighted by Crippen LogP contribution is -2.46. The van der Waals surface area contributed by atoms with Crippen LogP contribution in [0.5, 0.6) is 0 Å². The molecule has 0 radical (unpaired) electrons. The zero-order chi connectivity index (χ0) is 21.3. The van der Waals surface area contributed by atoms with Crippen LogP contribution in [0.15, 0.2) is 33.7 Å². The highest BCUT2D eigenvalue weighted by Gasteiger charge is 2.31. The topological polar surface area (TPSA) is 95.8 Å². The van der Waals surface area contributed by atoms with Crippen molar-refractivity contribution in [3.05, 3.63) is 41.3 Å². The summed E-state index contributed by atoms with van der Waals surface area (Å²) in [6.07, 6.45) is 5.38. The van der Waals surface area contributed by atoms with Crippen LogP contribution in [0.2, 0.25) is 0 Å². The summed E-state index contributed by atoms with van der Waals surface area (Å²) in [6.45, 7) is 4.25. The summed E-state index contributed by atoms with van der Waals surface area (Å²) in [6, 6.07) is 6.75. The summed E-state index contributed by atoms with van der Waals surface area (Å²) < 4.78 is 32.5. The molecule has 1 aromatic carbocycles. The molecule has 0 unspecified atom stereocenters. The van der Waals surface area contributed by atoms with E-state index in [1.54, 1.807) is 43.3 Å². The summed E-state index contributed by atoms with van der Waals surface area (Å²) in [5, 5.41) is 6.83.